The van der Waals surface area contributed by atoms with Gasteiger partial charge in [-0.2, -0.15) is 0 Å². The predicted molar refractivity (Wildman–Crippen MR) is 55.2 cm³/mol. The number of carbonyl (C=O) groups excluding carboxylic acids is 1. The molecule has 0 aliphatic heterocycles. The Labute approximate surface area is 89.0 Å². The second-order valence-electron chi connectivity index (χ2n) is 2.15. The second kappa shape index (κ2) is 4.67. The molecule has 0 atom stereocenters. The Bertz CT molecular complexity index is 271. The van der Waals surface area contributed by atoms with Gasteiger partial charge in [0, 0.05) is 15.2 Å². The fourth-order valence-electron chi connectivity index (χ4n) is 0.721. The minimum Gasteiger partial charge on any atom is -0.449 e. The summed E-state index contributed by atoms with van der Waals surface area (Å²) in [5.74, 6) is 0. The van der Waals surface area contributed by atoms with Crippen LogP contribution in [-0.4, -0.2) is 5.43 Å². The lowest BCUT2D eigenvalue weighted by Crippen LogP contribution is -1.94. The number of ether oxygens (including phenoxy) is 1. The molecule has 0 saturated heterocycles. The van der Waals surface area contributed by atoms with E-state index < -0.39 is 5.43 Å². The maximum Gasteiger partial charge on any atom is 0.404 e. The third-order valence-corrected chi connectivity index (χ3v) is 2.09. The van der Waals surface area contributed by atoms with E-state index in [-0.39, 0.29) is 6.61 Å². The van der Waals surface area contributed by atoms with Gasteiger partial charge in [0.1, 0.15) is 6.61 Å². The van der Waals surface area contributed by atoms with Crippen LogP contribution in [0.15, 0.2) is 24.3 Å². The predicted octanol–water partition coefficient (Wildman–Crippen LogP) is 3.17. The van der Waals surface area contributed by atoms with Gasteiger partial charge in [-0.1, -0.05) is 12.1 Å². The van der Waals surface area contributed by atoms with Crippen LogP contribution in [0.2, 0.25) is 0 Å². The van der Waals surface area contributed by atoms with Crippen LogP contribution >= 0.6 is 34.2 Å². The van der Waals surface area contributed by atoms with E-state index in [1.807, 2.05) is 24.3 Å². The van der Waals surface area contributed by atoms with Gasteiger partial charge in [0.15, 0.2) is 0 Å². The van der Waals surface area contributed by atoms with Crippen molar-refractivity contribution in [1.29, 1.82) is 0 Å². The molecule has 0 aliphatic carbocycles. The van der Waals surface area contributed by atoms with E-state index in [0.29, 0.717) is 0 Å². The zero-order valence-corrected chi connectivity index (χ0v) is 9.00. The molecule has 0 amide bonds. The van der Waals surface area contributed by atoms with Crippen LogP contribution in [0.5, 0.6) is 0 Å². The first-order valence-corrected chi connectivity index (χ1v) is 4.71. The second-order valence-corrected chi connectivity index (χ2v) is 3.71. The first-order chi connectivity index (χ1) is 5.68. The van der Waals surface area contributed by atoms with Crippen molar-refractivity contribution >= 4 is 39.6 Å². The average Bonchev–Trinajstić information content (AvgIpc) is 2.03. The van der Waals surface area contributed by atoms with Gasteiger partial charge in [-0.3, -0.25) is 0 Å². The van der Waals surface area contributed by atoms with Gasteiger partial charge in [0.05, 0.1) is 0 Å². The summed E-state index contributed by atoms with van der Waals surface area (Å²) >= 11 is 7.20. The molecule has 1 aromatic carbocycles. The van der Waals surface area contributed by atoms with Crippen LogP contribution in [0.4, 0.5) is 4.79 Å². The van der Waals surface area contributed by atoms with Gasteiger partial charge in [-0.15, -0.1) is 0 Å². The van der Waals surface area contributed by atoms with Crippen LogP contribution in [0.25, 0.3) is 0 Å². The molecule has 0 heterocycles. The molecule has 0 fully saturated rings. The van der Waals surface area contributed by atoms with Gasteiger partial charge in [0.2, 0.25) is 0 Å². The summed E-state index contributed by atoms with van der Waals surface area (Å²) in [6.07, 6.45) is 0. The highest BCUT2D eigenvalue weighted by molar-refractivity contribution is 14.1. The van der Waals surface area contributed by atoms with Crippen LogP contribution in [0.3, 0.4) is 0 Å². The summed E-state index contributed by atoms with van der Waals surface area (Å²) in [5.41, 5.74) is 0.165. The largest absolute Gasteiger partial charge is 0.449 e. The van der Waals surface area contributed by atoms with Gasteiger partial charge in [-0.25, -0.2) is 4.79 Å². The third-order valence-electron chi connectivity index (χ3n) is 1.27. The molecule has 0 radical (unpaired) electrons. The summed E-state index contributed by atoms with van der Waals surface area (Å²) < 4.78 is 5.74. The monoisotopic (exact) mass is 296 g/mol. The number of rotatable bonds is 2. The molecule has 0 aliphatic rings. The standard InChI is InChI=1S/C8H6ClIO2/c9-8(11)12-5-6-1-3-7(10)4-2-6/h1-4H,5H2/i10+0. The maximum absolute atomic E-state index is 10.2. The molecule has 1 rings (SSSR count). The van der Waals surface area contributed by atoms with Crippen LogP contribution in [0.1, 0.15) is 5.56 Å². The zero-order valence-electron chi connectivity index (χ0n) is 6.09. The van der Waals surface area contributed by atoms with Gasteiger partial charge < -0.3 is 4.74 Å². The van der Waals surface area contributed by atoms with Crippen molar-refractivity contribution in [3.63, 3.8) is 0 Å². The highest BCUT2D eigenvalue weighted by atomic mass is 127. The van der Waals surface area contributed by atoms with Crippen molar-refractivity contribution in [2.45, 2.75) is 6.61 Å². The Morgan fingerprint density at radius 3 is 2.50 bits per heavy atom. The van der Waals surface area contributed by atoms with Crippen molar-refractivity contribution in [3.8, 4) is 0 Å². The molecular weight excluding hydrogens is 290 g/mol. The van der Waals surface area contributed by atoms with Crippen molar-refractivity contribution in [3.05, 3.63) is 33.4 Å². The minimum absolute atomic E-state index is 0.235. The highest BCUT2D eigenvalue weighted by Gasteiger charge is 1.96. The number of carbonyl (C=O) groups is 1. The average molecular weight is 296 g/mol. The van der Waals surface area contributed by atoms with Gasteiger partial charge in [-0.05, 0) is 40.3 Å². The van der Waals surface area contributed by atoms with E-state index in [9.17, 15) is 4.79 Å². The molecular formula is C8H6ClIO2. The Morgan fingerprint density at radius 2 is 2.00 bits per heavy atom. The maximum atomic E-state index is 10.2. The molecule has 4 heteroatoms. The quantitative estimate of drug-likeness (QED) is 0.619. The van der Waals surface area contributed by atoms with E-state index >= 15 is 0 Å². The number of halogens is 2. The molecule has 0 spiro atoms. The van der Waals surface area contributed by atoms with Crippen molar-refractivity contribution in [1.82, 2.24) is 0 Å². The SMILES string of the molecule is O=C(Cl)OCc1ccc([127I])cc1. The van der Waals surface area contributed by atoms with E-state index in [4.69, 9.17) is 11.6 Å². The number of hydrogen-bond donors (Lipinski definition) is 0. The molecule has 12 heavy (non-hydrogen) atoms. The minimum atomic E-state index is -0.770. The van der Waals surface area contributed by atoms with Crippen LogP contribution in [0, 0.1) is 3.57 Å². The van der Waals surface area contributed by atoms with Crippen molar-refractivity contribution in [2.24, 2.45) is 0 Å². The smallest absolute Gasteiger partial charge is 0.404 e. The summed E-state index contributed by atoms with van der Waals surface area (Å²) in [5, 5.41) is 0. The lowest BCUT2D eigenvalue weighted by molar-refractivity contribution is 0.167. The number of benzene rings is 1. The van der Waals surface area contributed by atoms with Crippen molar-refractivity contribution in [2.75, 3.05) is 0 Å². The van der Waals surface area contributed by atoms with Gasteiger partial charge in [0.25, 0.3) is 0 Å². The Hall–Kier alpha value is -0.290. The first kappa shape index (κ1) is 9.80. The summed E-state index contributed by atoms with van der Waals surface area (Å²) in [7, 11) is 0. The normalized spacial score (nSPS) is 9.50. The Balaban J connectivity index is 2.53. The summed E-state index contributed by atoms with van der Waals surface area (Å²) in [6.45, 7) is 0.235. The van der Waals surface area contributed by atoms with Gasteiger partial charge >= 0.3 is 5.43 Å². The lowest BCUT2D eigenvalue weighted by Gasteiger charge is -1.99. The van der Waals surface area contributed by atoms with Crippen LogP contribution < -0.4 is 0 Å². The number of hydrogen-bond acceptors (Lipinski definition) is 2. The fraction of sp³-hybridized carbons (Fsp3) is 0.125. The Morgan fingerprint density at radius 1 is 1.42 bits per heavy atom. The molecule has 0 saturated carbocycles. The lowest BCUT2D eigenvalue weighted by atomic mass is 10.2. The summed E-state index contributed by atoms with van der Waals surface area (Å²) in [4.78, 5) is 10.2. The zero-order chi connectivity index (χ0) is 8.97. The molecule has 0 N–H and O–H groups in total. The van der Waals surface area contributed by atoms with E-state index in [1.54, 1.807) is 0 Å². The molecule has 64 valence electrons. The fourth-order valence-corrected chi connectivity index (χ4v) is 1.13. The Kier molecular flexibility index (Phi) is 3.81. The molecule has 0 aromatic heterocycles. The highest BCUT2D eigenvalue weighted by Crippen LogP contribution is 2.08. The molecule has 0 bridgehead atoms. The van der Waals surface area contributed by atoms with E-state index in [0.717, 1.165) is 9.13 Å². The molecule has 0 unspecified atom stereocenters. The van der Waals surface area contributed by atoms with Crippen molar-refractivity contribution < 1.29 is 9.53 Å². The molecule has 2 nitrogen and oxygen atoms in total. The van der Waals surface area contributed by atoms with Crippen LogP contribution in [-0.2, 0) is 11.3 Å². The topological polar surface area (TPSA) is 26.3 Å². The molecule has 1 aromatic rings. The van der Waals surface area contributed by atoms with E-state index in [1.165, 1.54) is 0 Å². The third kappa shape index (κ3) is 3.40. The first-order valence-electron chi connectivity index (χ1n) is 3.25. The summed E-state index contributed by atoms with van der Waals surface area (Å²) in [6, 6.07) is 7.67. The van der Waals surface area contributed by atoms with E-state index in [2.05, 4.69) is 27.3 Å².